The lowest BCUT2D eigenvalue weighted by molar-refractivity contribution is -0.624. The third kappa shape index (κ3) is 1.07. The highest BCUT2D eigenvalue weighted by atomic mass is 79.9. The first-order valence-corrected chi connectivity index (χ1v) is 3.50. The summed E-state index contributed by atoms with van der Waals surface area (Å²) >= 11 is 2.93. The maximum atomic E-state index is 10.9. The van der Waals surface area contributed by atoms with E-state index in [1.54, 1.807) is 13.0 Å². The number of aryl methyl sites for hydroxylation is 1. The second kappa shape index (κ2) is 2.46. The van der Waals surface area contributed by atoms with Crippen LogP contribution in [0.2, 0.25) is 0 Å². The van der Waals surface area contributed by atoms with E-state index in [4.69, 9.17) is 5.11 Å². The van der Waals surface area contributed by atoms with Crippen molar-refractivity contribution in [3.63, 3.8) is 0 Å². The SMILES string of the molecule is Cc1ccc(O)c(Br)[n+]1[O-]. The van der Waals surface area contributed by atoms with E-state index in [1.807, 2.05) is 0 Å². The van der Waals surface area contributed by atoms with Crippen molar-refractivity contribution in [2.45, 2.75) is 6.92 Å². The molecule has 1 heterocycles. The van der Waals surface area contributed by atoms with Gasteiger partial charge in [-0.15, -0.1) is 0 Å². The van der Waals surface area contributed by atoms with Crippen molar-refractivity contribution in [2.75, 3.05) is 0 Å². The molecule has 0 aliphatic rings. The minimum absolute atomic E-state index is 0.0411. The molecule has 0 bridgehead atoms. The molecule has 3 nitrogen and oxygen atoms in total. The number of pyridine rings is 1. The fourth-order valence-corrected chi connectivity index (χ4v) is 1.01. The quantitative estimate of drug-likeness (QED) is 0.390. The Morgan fingerprint density at radius 3 is 2.70 bits per heavy atom. The van der Waals surface area contributed by atoms with Crippen molar-refractivity contribution in [3.8, 4) is 5.75 Å². The summed E-state index contributed by atoms with van der Waals surface area (Å²) in [6.07, 6.45) is 0. The molecule has 0 aliphatic heterocycles. The van der Waals surface area contributed by atoms with E-state index >= 15 is 0 Å². The van der Waals surface area contributed by atoms with Crippen LogP contribution in [0, 0.1) is 12.1 Å². The van der Waals surface area contributed by atoms with Gasteiger partial charge in [-0.05, 0) is 6.07 Å². The topological polar surface area (TPSA) is 47.2 Å². The van der Waals surface area contributed by atoms with Gasteiger partial charge in [0.05, 0.1) is 0 Å². The molecule has 0 unspecified atom stereocenters. The number of halogens is 1. The van der Waals surface area contributed by atoms with Crippen LogP contribution in [0.4, 0.5) is 0 Å². The standard InChI is InChI=1S/C6H6BrNO2/c1-4-2-3-5(9)6(7)8(4)10/h2-3,9H,1H3. The van der Waals surface area contributed by atoms with Crippen molar-refractivity contribution in [1.82, 2.24) is 0 Å². The highest BCUT2D eigenvalue weighted by Gasteiger charge is 2.08. The summed E-state index contributed by atoms with van der Waals surface area (Å²) in [5.74, 6) is -0.0411. The van der Waals surface area contributed by atoms with Gasteiger partial charge in [0, 0.05) is 28.9 Å². The van der Waals surface area contributed by atoms with Gasteiger partial charge >= 0.3 is 4.60 Å². The zero-order valence-corrected chi connectivity index (χ0v) is 6.92. The molecule has 0 saturated heterocycles. The Kier molecular flexibility index (Phi) is 1.80. The molecule has 1 aromatic heterocycles. The first-order valence-electron chi connectivity index (χ1n) is 2.70. The van der Waals surface area contributed by atoms with Gasteiger partial charge in [0.25, 0.3) is 0 Å². The second-order valence-electron chi connectivity index (χ2n) is 1.95. The van der Waals surface area contributed by atoms with E-state index < -0.39 is 0 Å². The molecule has 1 rings (SSSR count). The van der Waals surface area contributed by atoms with Crippen LogP contribution < -0.4 is 4.73 Å². The predicted molar refractivity (Wildman–Crippen MR) is 39.5 cm³/mol. The zero-order chi connectivity index (χ0) is 7.72. The number of rotatable bonds is 0. The largest absolute Gasteiger partial charge is 0.618 e. The summed E-state index contributed by atoms with van der Waals surface area (Å²) in [5.41, 5.74) is 0.546. The number of aromatic nitrogens is 1. The van der Waals surface area contributed by atoms with Crippen LogP contribution in [0.3, 0.4) is 0 Å². The normalized spacial score (nSPS) is 9.80. The molecule has 0 saturated carbocycles. The van der Waals surface area contributed by atoms with Gasteiger partial charge in [-0.3, -0.25) is 0 Å². The lowest BCUT2D eigenvalue weighted by Crippen LogP contribution is -2.31. The first kappa shape index (κ1) is 7.34. The van der Waals surface area contributed by atoms with E-state index in [1.165, 1.54) is 6.07 Å². The summed E-state index contributed by atoms with van der Waals surface area (Å²) in [7, 11) is 0. The molecule has 0 aromatic carbocycles. The Hall–Kier alpha value is -0.770. The van der Waals surface area contributed by atoms with Gasteiger partial charge in [-0.2, -0.15) is 4.73 Å². The average molecular weight is 204 g/mol. The maximum absolute atomic E-state index is 10.9. The number of hydrogen-bond acceptors (Lipinski definition) is 2. The minimum Gasteiger partial charge on any atom is -0.618 e. The van der Waals surface area contributed by atoms with Gasteiger partial charge in [0.15, 0.2) is 11.4 Å². The summed E-state index contributed by atoms with van der Waals surface area (Å²) in [5, 5.41) is 19.9. The summed E-state index contributed by atoms with van der Waals surface area (Å²) in [6, 6.07) is 3.01. The molecule has 0 fully saturated rings. The van der Waals surface area contributed by atoms with Crippen LogP contribution in [-0.4, -0.2) is 5.11 Å². The fourth-order valence-electron chi connectivity index (χ4n) is 0.595. The third-order valence-electron chi connectivity index (χ3n) is 1.19. The molecule has 1 N–H and O–H groups in total. The van der Waals surface area contributed by atoms with Gasteiger partial charge in [-0.1, -0.05) is 0 Å². The number of nitrogens with zero attached hydrogens (tertiary/aromatic N) is 1. The maximum Gasteiger partial charge on any atom is 0.301 e. The van der Waals surface area contributed by atoms with Crippen molar-refractivity contribution >= 4 is 15.9 Å². The molecular weight excluding hydrogens is 198 g/mol. The average Bonchev–Trinajstić information content (AvgIpc) is 1.93. The molecule has 0 radical (unpaired) electrons. The lowest BCUT2D eigenvalue weighted by atomic mass is 10.4. The third-order valence-corrected chi connectivity index (χ3v) is 1.92. The van der Waals surface area contributed by atoms with Crippen LogP contribution in [-0.2, 0) is 0 Å². The summed E-state index contributed by atoms with van der Waals surface area (Å²) in [6.45, 7) is 1.66. The van der Waals surface area contributed by atoms with Crippen molar-refractivity contribution in [3.05, 3.63) is 27.6 Å². The Morgan fingerprint density at radius 1 is 1.60 bits per heavy atom. The smallest absolute Gasteiger partial charge is 0.301 e. The molecular formula is C6H6BrNO2. The van der Waals surface area contributed by atoms with Crippen LogP contribution in [0.25, 0.3) is 0 Å². The van der Waals surface area contributed by atoms with Crippen LogP contribution in [0.1, 0.15) is 5.69 Å². The Bertz CT molecular complexity index is 235. The van der Waals surface area contributed by atoms with Gasteiger partial charge in [-0.25, -0.2) is 0 Å². The van der Waals surface area contributed by atoms with E-state index in [9.17, 15) is 5.21 Å². The molecule has 10 heavy (non-hydrogen) atoms. The minimum atomic E-state index is -0.0411. The van der Waals surface area contributed by atoms with Crippen LogP contribution in [0.15, 0.2) is 16.7 Å². The molecule has 4 heteroatoms. The van der Waals surface area contributed by atoms with Crippen LogP contribution in [0.5, 0.6) is 5.75 Å². The summed E-state index contributed by atoms with van der Waals surface area (Å²) < 4.78 is 0.780. The van der Waals surface area contributed by atoms with E-state index in [-0.39, 0.29) is 10.4 Å². The molecule has 0 amide bonds. The Labute approximate surface area is 66.6 Å². The highest BCUT2D eigenvalue weighted by molar-refractivity contribution is 9.10. The fraction of sp³-hybridized carbons (Fsp3) is 0.167. The molecule has 1 aromatic rings. The summed E-state index contributed by atoms with van der Waals surface area (Å²) in [4.78, 5) is 0. The zero-order valence-electron chi connectivity index (χ0n) is 5.34. The van der Waals surface area contributed by atoms with Gasteiger partial charge < -0.3 is 10.3 Å². The van der Waals surface area contributed by atoms with Gasteiger partial charge in [0.1, 0.15) is 0 Å². The van der Waals surface area contributed by atoms with E-state index in [0.717, 1.165) is 0 Å². The van der Waals surface area contributed by atoms with E-state index in [0.29, 0.717) is 10.4 Å². The van der Waals surface area contributed by atoms with Crippen molar-refractivity contribution in [1.29, 1.82) is 0 Å². The monoisotopic (exact) mass is 203 g/mol. The molecule has 0 aliphatic carbocycles. The molecule has 54 valence electrons. The Morgan fingerprint density at radius 2 is 2.20 bits per heavy atom. The predicted octanol–water partition coefficient (Wildman–Crippen LogP) is 1.10. The van der Waals surface area contributed by atoms with Gasteiger partial charge in [0.2, 0.25) is 0 Å². The second-order valence-corrected chi connectivity index (χ2v) is 2.70. The Balaban J connectivity index is 3.34. The molecule has 0 spiro atoms. The highest BCUT2D eigenvalue weighted by Crippen LogP contribution is 2.18. The van der Waals surface area contributed by atoms with Crippen LogP contribution >= 0.6 is 15.9 Å². The molecule has 0 atom stereocenters. The number of hydrogen-bond donors (Lipinski definition) is 1. The van der Waals surface area contributed by atoms with Crippen molar-refractivity contribution in [2.24, 2.45) is 0 Å². The van der Waals surface area contributed by atoms with E-state index in [2.05, 4.69) is 15.9 Å². The van der Waals surface area contributed by atoms with Crippen molar-refractivity contribution < 1.29 is 9.84 Å². The lowest BCUT2D eigenvalue weighted by Gasteiger charge is -2.02. The first-order chi connectivity index (χ1) is 4.63. The number of aromatic hydroxyl groups is 1.